The highest BCUT2D eigenvalue weighted by atomic mass is 79.9. The predicted molar refractivity (Wildman–Crippen MR) is 96.3 cm³/mol. The van der Waals surface area contributed by atoms with E-state index in [1.165, 1.54) is 0 Å². The van der Waals surface area contributed by atoms with Crippen LogP contribution in [0.3, 0.4) is 0 Å². The van der Waals surface area contributed by atoms with Crippen LogP contribution in [0.2, 0.25) is 0 Å². The first-order chi connectivity index (χ1) is 10.6. The summed E-state index contributed by atoms with van der Waals surface area (Å²) in [7, 11) is 0. The van der Waals surface area contributed by atoms with E-state index in [1.54, 1.807) is 10.9 Å². The van der Waals surface area contributed by atoms with Crippen molar-refractivity contribution in [3.05, 3.63) is 46.2 Å². The Kier molecular flexibility index (Phi) is 5.84. The van der Waals surface area contributed by atoms with Crippen LogP contribution in [-0.4, -0.2) is 28.3 Å². The van der Waals surface area contributed by atoms with E-state index in [0.29, 0.717) is 18.0 Å². The van der Waals surface area contributed by atoms with E-state index in [9.17, 15) is 4.79 Å². The van der Waals surface area contributed by atoms with Gasteiger partial charge in [-0.2, -0.15) is 5.10 Å². The molecule has 3 rings (SSSR count). The molecule has 0 radical (unpaired) electrons. The van der Waals surface area contributed by atoms with Crippen LogP contribution in [0.1, 0.15) is 28.9 Å². The molecule has 1 saturated carbocycles. The molecule has 1 aliphatic rings. The van der Waals surface area contributed by atoms with Gasteiger partial charge in [-0.05, 0) is 49.9 Å². The van der Waals surface area contributed by atoms with Crippen molar-refractivity contribution in [2.75, 3.05) is 6.54 Å². The average molecular weight is 400 g/mol. The van der Waals surface area contributed by atoms with Gasteiger partial charge < -0.3 is 11.1 Å². The van der Waals surface area contributed by atoms with Crippen LogP contribution in [-0.2, 0) is 0 Å². The first kappa shape index (κ1) is 18.0. The Morgan fingerprint density at radius 2 is 2.09 bits per heavy atom. The number of nitrogens with one attached hydrogen (secondary N) is 1. The molecule has 0 spiro atoms. The monoisotopic (exact) mass is 398 g/mol. The third kappa shape index (κ3) is 3.94. The van der Waals surface area contributed by atoms with Gasteiger partial charge in [-0.15, -0.1) is 12.4 Å². The Balaban J connectivity index is 0.00000192. The molecule has 1 aromatic carbocycles. The normalized spacial score (nSPS) is 14.9. The Morgan fingerprint density at radius 3 is 2.65 bits per heavy atom. The smallest absolute Gasteiger partial charge is 0.255 e. The van der Waals surface area contributed by atoms with Crippen LogP contribution in [0.5, 0.6) is 0 Å². The van der Waals surface area contributed by atoms with Gasteiger partial charge >= 0.3 is 0 Å². The Bertz CT molecular complexity index is 682. The zero-order chi connectivity index (χ0) is 15.7. The molecule has 2 aromatic rings. The van der Waals surface area contributed by atoms with E-state index in [2.05, 4.69) is 26.3 Å². The molecule has 1 unspecified atom stereocenters. The number of nitrogens with zero attached hydrogens (tertiary/aromatic N) is 2. The van der Waals surface area contributed by atoms with Crippen LogP contribution in [0.15, 0.2) is 34.9 Å². The maximum Gasteiger partial charge on any atom is 0.255 e. The average Bonchev–Trinajstić information content (AvgIpc) is 3.28. The van der Waals surface area contributed by atoms with Gasteiger partial charge in [0.15, 0.2) is 0 Å². The van der Waals surface area contributed by atoms with Crippen molar-refractivity contribution in [2.45, 2.75) is 25.8 Å². The standard InChI is InChI=1S/C16H19BrN4O.ClH/c1-10-14(16(22)20-15(8-18)11-2-3-11)9-19-21(10)13-6-4-12(17)5-7-13;/h4-7,9,11,15H,2-3,8,18H2,1H3,(H,20,22);1H. The molecule has 1 amide bonds. The van der Waals surface area contributed by atoms with Gasteiger partial charge in [0.2, 0.25) is 0 Å². The van der Waals surface area contributed by atoms with Crippen molar-refractivity contribution in [3.63, 3.8) is 0 Å². The highest BCUT2D eigenvalue weighted by Gasteiger charge is 2.32. The van der Waals surface area contributed by atoms with E-state index < -0.39 is 0 Å². The number of rotatable bonds is 5. The van der Waals surface area contributed by atoms with E-state index in [0.717, 1.165) is 28.7 Å². The van der Waals surface area contributed by atoms with E-state index in [4.69, 9.17) is 5.73 Å². The van der Waals surface area contributed by atoms with Crippen LogP contribution in [0.25, 0.3) is 5.69 Å². The van der Waals surface area contributed by atoms with Gasteiger partial charge in [0.25, 0.3) is 5.91 Å². The zero-order valence-corrected chi connectivity index (χ0v) is 15.2. The summed E-state index contributed by atoms with van der Waals surface area (Å²) < 4.78 is 2.78. The molecule has 3 N–H and O–H groups in total. The van der Waals surface area contributed by atoms with Crippen molar-refractivity contribution in [1.29, 1.82) is 0 Å². The van der Waals surface area contributed by atoms with E-state index >= 15 is 0 Å². The lowest BCUT2D eigenvalue weighted by atomic mass is 10.1. The Labute approximate surface area is 150 Å². The largest absolute Gasteiger partial charge is 0.348 e. The number of aromatic nitrogens is 2. The summed E-state index contributed by atoms with van der Waals surface area (Å²) in [6.07, 6.45) is 3.92. The van der Waals surface area contributed by atoms with Crippen molar-refractivity contribution >= 4 is 34.2 Å². The maximum absolute atomic E-state index is 12.4. The third-order valence-corrected chi connectivity index (χ3v) is 4.62. The molecule has 7 heteroatoms. The number of amides is 1. The topological polar surface area (TPSA) is 72.9 Å². The third-order valence-electron chi connectivity index (χ3n) is 4.09. The summed E-state index contributed by atoms with van der Waals surface area (Å²) in [6.45, 7) is 2.38. The summed E-state index contributed by atoms with van der Waals surface area (Å²) in [4.78, 5) is 12.4. The summed E-state index contributed by atoms with van der Waals surface area (Å²) in [5.74, 6) is 0.444. The molecule has 0 aliphatic heterocycles. The summed E-state index contributed by atoms with van der Waals surface area (Å²) in [5.41, 5.74) is 8.10. The number of halogens is 2. The Hall–Kier alpha value is -1.37. The molecule has 124 valence electrons. The number of nitrogens with two attached hydrogens (primary N) is 1. The van der Waals surface area contributed by atoms with Gasteiger partial charge in [-0.3, -0.25) is 4.79 Å². The lowest BCUT2D eigenvalue weighted by Gasteiger charge is -2.15. The van der Waals surface area contributed by atoms with Gasteiger partial charge in [0.1, 0.15) is 0 Å². The summed E-state index contributed by atoms with van der Waals surface area (Å²) in [5, 5.41) is 7.37. The van der Waals surface area contributed by atoms with Crippen molar-refractivity contribution < 1.29 is 4.79 Å². The highest BCUT2D eigenvalue weighted by Crippen LogP contribution is 2.32. The highest BCUT2D eigenvalue weighted by molar-refractivity contribution is 9.10. The maximum atomic E-state index is 12.4. The number of carbonyl (C=O) groups is 1. The molecule has 0 saturated heterocycles. The summed E-state index contributed by atoms with van der Waals surface area (Å²) in [6, 6.07) is 7.89. The second-order valence-electron chi connectivity index (χ2n) is 5.68. The molecule has 0 bridgehead atoms. The van der Waals surface area contributed by atoms with Crippen molar-refractivity contribution in [1.82, 2.24) is 15.1 Å². The molecule has 5 nitrogen and oxygen atoms in total. The van der Waals surface area contributed by atoms with Gasteiger partial charge in [0.05, 0.1) is 23.1 Å². The summed E-state index contributed by atoms with van der Waals surface area (Å²) >= 11 is 3.41. The van der Waals surface area contributed by atoms with Crippen LogP contribution >= 0.6 is 28.3 Å². The van der Waals surface area contributed by atoms with Crippen LogP contribution < -0.4 is 11.1 Å². The minimum Gasteiger partial charge on any atom is -0.348 e. The first-order valence-electron chi connectivity index (χ1n) is 7.41. The molecular weight excluding hydrogens is 380 g/mol. The predicted octanol–water partition coefficient (Wildman–Crippen LogP) is 2.83. The minimum absolute atomic E-state index is 0. The zero-order valence-electron chi connectivity index (χ0n) is 12.8. The molecule has 1 aromatic heterocycles. The van der Waals surface area contributed by atoms with Crippen LogP contribution in [0.4, 0.5) is 0 Å². The quantitative estimate of drug-likeness (QED) is 0.812. The Morgan fingerprint density at radius 1 is 1.43 bits per heavy atom. The number of hydrogen-bond donors (Lipinski definition) is 2. The molecule has 1 atom stereocenters. The van der Waals surface area contributed by atoms with Gasteiger partial charge in [0, 0.05) is 17.1 Å². The van der Waals surface area contributed by atoms with E-state index in [-0.39, 0.29) is 24.4 Å². The molecule has 1 heterocycles. The van der Waals surface area contributed by atoms with E-state index in [1.807, 2.05) is 31.2 Å². The SMILES string of the molecule is Cc1c(C(=O)NC(CN)C2CC2)cnn1-c1ccc(Br)cc1.Cl. The fourth-order valence-corrected chi connectivity index (χ4v) is 2.85. The molecule has 23 heavy (non-hydrogen) atoms. The fourth-order valence-electron chi connectivity index (χ4n) is 2.59. The lowest BCUT2D eigenvalue weighted by Crippen LogP contribution is -2.41. The number of carbonyl (C=O) groups excluding carboxylic acids is 1. The van der Waals surface area contributed by atoms with Gasteiger partial charge in [-0.25, -0.2) is 4.68 Å². The first-order valence-corrected chi connectivity index (χ1v) is 8.21. The van der Waals surface area contributed by atoms with Gasteiger partial charge in [-0.1, -0.05) is 15.9 Å². The van der Waals surface area contributed by atoms with Crippen LogP contribution in [0, 0.1) is 12.8 Å². The second-order valence-corrected chi connectivity index (χ2v) is 6.60. The number of hydrogen-bond acceptors (Lipinski definition) is 3. The molecule has 1 aliphatic carbocycles. The second kappa shape index (κ2) is 7.47. The number of benzene rings is 1. The minimum atomic E-state index is -0.0942. The van der Waals surface area contributed by atoms with Crippen molar-refractivity contribution in [2.24, 2.45) is 11.7 Å². The fraction of sp³-hybridized carbons (Fsp3) is 0.375. The van der Waals surface area contributed by atoms with Crippen molar-refractivity contribution in [3.8, 4) is 5.69 Å². The molecular formula is C16H20BrClN4O. The molecule has 1 fully saturated rings. The lowest BCUT2D eigenvalue weighted by molar-refractivity contribution is 0.0933.